The van der Waals surface area contributed by atoms with Gasteiger partial charge in [0.05, 0.1) is 5.69 Å². The number of hydrogen-bond donors (Lipinski definition) is 3. The summed E-state index contributed by atoms with van der Waals surface area (Å²) in [7, 11) is 0. The molecular formula is C24H24N4O3. The lowest BCUT2D eigenvalue weighted by Crippen LogP contribution is -2.44. The number of benzene rings is 2. The molecule has 158 valence electrons. The SMILES string of the molecule is CC(=O)NC(Cc1c[nH]c2ccccc12)C(=O)Nc1cccc(-c2nc(C)c(C)o2)c1. The fraction of sp³-hybridized carbons (Fsp3) is 0.208. The van der Waals surface area contributed by atoms with Gasteiger partial charge in [-0.15, -0.1) is 0 Å². The van der Waals surface area contributed by atoms with Gasteiger partial charge in [0.25, 0.3) is 0 Å². The normalized spacial score (nSPS) is 12.0. The summed E-state index contributed by atoms with van der Waals surface area (Å²) in [6, 6.07) is 14.4. The number of aromatic amines is 1. The van der Waals surface area contributed by atoms with Gasteiger partial charge < -0.3 is 20.0 Å². The topological polar surface area (TPSA) is 100 Å². The third-order valence-corrected chi connectivity index (χ3v) is 5.20. The first-order valence-corrected chi connectivity index (χ1v) is 10.1. The lowest BCUT2D eigenvalue weighted by Gasteiger charge is -2.17. The molecule has 2 aromatic heterocycles. The molecule has 0 saturated carbocycles. The summed E-state index contributed by atoms with van der Waals surface area (Å²) in [6.45, 7) is 5.15. The predicted molar refractivity (Wildman–Crippen MR) is 120 cm³/mol. The number of anilines is 1. The lowest BCUT2D eigenvalue weighted by atomic mass is 10.0. The molecular weight excluding hydrogens is 392 g/mol. The van der Waals surface area contributed by atoms with E-state index in [2.05, 4.69) is 20.6 Å². The van der Waals surface area contributed by atoms with Crippen molar-refractivity contribution in [2.24, 2.45) is 0 Å². The number of oxazole rings is 1. The highest BCUT2D eigenvalue weighted by Gasteiger charge is 2.22. The van der Waals surface area contributed by atoms with Crippen LogP contribution in [0.3, 0.4) is 0 Å². The molecule has 31 heavy (non-hydrogen) atoms. The first-order valence-electron chi connectivity index (χ1n) is 10.1. The van der Waals surface area contributed by atoms with Crippen molar-refractivity contribution in [2.75, 3.05) is 5.32 Å². The van der Waals surface area contributed by atoms with Crippen molar-refractivity contribution in [3.8, 4) is 11.5 Å². The summed E-state index contributed by atoms with van der Waals surface area (Å²) in [6.07, 6.45) is 2.24. The van der Waals surface area contributed by atoms with E-state index in [4.69, 9.17) is 4.42 Å². The Labute approximate surface area is 179 Å². The van der Waals surface area contributed by atoms with E-state index in [-0.39, 0.29) is 11.8 Å². The molecule has 4 rings (SSSR count). The Morgan fingerprint density at radius 1 is 1.13 bits per heavy atom. The second-order valence-corrected chi connectivity index (χ2v) is 7.55. The van der Waals surface area contributed by atoms with E-state index in [1.807, 2.05) is 56.4 Å². The van der Waals surface area contributed by atoms with Crippen LogP contribution in [0.1, 0.15) is 23.9 Å². The van der Waals surface area contributed by atoms with Gasteiger partial charge in [0, 0.05) is 41.7 Å². The minimum atomic E-state index is -0.716. The van der Waals surface area contributed by atoms with Crippen molar-refractivity contribution in [1.82, 2.24) is 15.3 Å². The molecule has 1 atom stereocenters. The van der Waals surface area contributed by atoms with Gasteiger partial charge in [-0.25, -0.2) is 4.98 Å². The van der Waals surface area contributed by atoms with Gasteiger partial charge in [-0.1, -0.05) is 24.3 Å². The van der Waals surface area contributed by atoms with E-state index in [0.717, 1.165) is 33.5 Å². The first kappa shape index (κ1) is 20.4. The summed E-state index contributed by atoms with van der Waals surface area (Å²) in [5.41, 5.74) is 4.15. The molecule has 0 radical (unpaired) electrons. The Bertz CT molecular complexity index is 1240. The summed E-state index contributed by atoms with van der Waals surface area (Å²) in [5.74, 6) is 0.703. The maximum absolute atomic E-state index is 13.0. The molecule has 2 amide bonds. The molecule has 0 aliphatic carbocycles. The van der Waals surface area contributed by atoms with Gasteiger partial charge in [-0.3, -0.25) is 9.59 Å². The molecule has 2 heterocycles. The van der Waals surface area contributed by atoms with Crippen LogP contribution in [-0.2, 0) is 16.0 Å². The van der Waals surface area contributed by atoms with Crippen molar-refractivity contribution >= 4 is 28.4 Å². The third kappa shape index (κ3) is 4.50. The molecule has 7 heteroatoms. The number of aryl methyl sites for hydroxylation is 2. The molecule has 1 unspecified atom stereocenters. The van der Waals surface area contributed by atoms with E-state index in [1.54, 1.807) is 12.1 Å². The van der Waals surface area contributed by atoms with Crippen molar-refractivity contribution in [1.29, 1.82) is 0 Å². The predicted octanol–water partition coefficient (Wildman–Crippen LogP) is 4.13. The number of nitrogens with zero attached hydrogens (tertiary/aromatic N) is 1. The van der Waals surface area contributed by atoms with E-state index >= 15 is 0 Å². The van der Waals surface area contributed by atoms with E-state index in [0.29, 0.717) is 18.0 Å². The van der Waals surface area contributed by atoms with E-state index < -0.39 is 6.04 Å². The largest absolute Gasteiger partial charge is 0.441 e. The van der Waals surface area contributed by atoms with Crippen LogP contribution >= 0.6 is 0 Å². The zero-order chi connectivity index (χ0) is 22.0. The average Bonchev–Trinajstić information content (AvgIpc) is 3.30. The van der Waals surface area contributed by atoms with Gasteiger partial charge in [-0.05, 0) is 43.7 Å². The molecule has 0 saturated heterocycles. The highest BCUT2D eigenvalue weighted by molar-refractivity contribution is 5.98. The van der Waals surface area contributed by atoms with Crippen LogP contribution in [0.2, 0.25) is 0 Å². The van der Waals surface area contributed by atoms with Crippen molar-refractivity contribution < 1.29 is 14.0 Å². The number of carbonyl (C=O) groups excluding carboxylic acids is 2. The van der Waals surface area contributed by atoms with Crippen LogP contribution in [0.5, 0.6) is 0 Å². The number of para-hydroxylation sites is 1. The quantitative estimate of drug-likeness (QED) is 0.440. The zero-order valence-corrected chi connectivity index (χ0v) is 17.7. The van der Waals surface area contributed by atoms with Gasteiger partial charge in [0.15, 0.2) is 0 Å². The molecule has 7 nitrogen and oxygen atoms in total. The Hall–Kier alpha value is -3.87. The molecule has 2 aromatic carbocycles. The fourth-order valence-corrected chi connectivity index (χ4v) is 3.53. The van der Waals surface area contributed by atoms with Crippen LogP contribution in [0.25, 0.3) is 22.4 Å². The molecule has 0 spiro atoms. The van der Waals surface area contributed by atoms with Crippen LogP contribution in [0, 0.1) is 13.8 Å². The number of amides is 2. The number of carbonyl (C=O) groups is 2. The molecule has 0 fully saturated rings. The lowest BCUT2D eigenvalue weighted by molar-refractivity contribution is -0.125. The minimum Gasteiger partial charge on any atom is -0.441 e. The Morgan fingerprint density at radius 2 is 1.94 bits per heavy atom. The van der Waals surface area contributed by atoms with Crippen LogP contribution in [-0.4, -0.2) is 27.8 Å². The molecule has 3 N–H and O–H groups in total. The molecule has 4 aromatic rings. The van der Waals surface area contributed by atoms with Crippen LogP contribution in [0.15, 0.2) is 59.1 Å². The second kappa shape index (κ2) is 8.47. The number of fused-ring (bicyclic) bond motifs is 1. The number of nitrogens with one attached hydrogen (secondary N) is 3. The monoisotopic (exact) mass is 416 g/mol. The van der Waals surface area contributed by atoms with Crippen molar-refractivity contribution in [3.63, 3.8) is 0 Å². The summed E-state index contributed by atoms with van der Waals surface area (Å²) >= 11 is 0. The Balaban J connectivity index is 1.55. The minimum absolute atomic E-state index is 0.264. The summed E-state index contributed by atoms with van der Waals surface area (Å²) in [4.78, 5) is 32.4. The fourth-order valence-electron chi connectivity index (χ4n) is 3.53. The van der Waals surface area contributed by atoms with Crippen molar-refractivity contribution in [3.05, 3.63) is 71.7 Å². The number of H-pyrrole nitrogens is 1. The highest BCUT2D eigenvalue weighted by atomic mass is 16.4. The van der Waals surface area contributed by atoms with E-state index in [9.17, 15) is 9.59 Å². The standard InChI is InChI=1S/C24H24N4O3/c1-14-15(2)31-24(26-14)17-7-6-8-19(11-17)28-23(30)22(27-16(3)29)12-18-13-25-21-10-5-4-9-20(18)21/h4-11,13,22,25H,12H2,1-3H3,(H,27,29)(H,28,30). The zero-order valence-electron chi connectivity index (χ0n) is 17.7. The summed E-state index contributed by atoms with van der Waals surface area (Å²) < 4.78 is 5.69. The first-order chi connectivity index (χ1) is 14.9. The average molecular weight is 416 g/mol. The smallest absolute Gasteiger partial charge is 0.247 e. The van der Waals surface area contributed by atoms with Gasteiger partial charge in [0.2, 0.25) is 17.7 Å². The van der Waals surface area contributed by atoms with Gasteiger partial charge >= 0.3 is 0 Å². The maximum atomic E-state index is 13.0. The molecule has 0 aliphatic rings. The Morgan fingerprint density at radius 3 is 2.68 bits per heavy atom. The number of hydrogen-bond acceptors (Lipinski definition) is 4. The van der Waals surface area contributed by atoms with Crippen LogP contribution in [0.4, 0.5) is 5.69 Å². The van der Waals surface area contributed by atoms with Gasteiger partial charge in [-0.2, -0.15) is 0 Å². The number of aromatic nitrogens is 2. The highest BCUT2D eigenvalue weighted by Crippen LogP contribution is 2.24. The van der Waals surface area contributed by atoms with Crippen molar-refractivity contribution in [2.45, 2.75) is 33.2 Å². The van der Waals surface area contributed by atoms with E-state index in [1.165, 1.54) is 6.92 Å². The molecule has 0 bridgehead atoms. The maximum Gasteiger partial charge on any atom is 0.247 e. The Kier molecular flexibility index (Phi) is 5.58. The number of rotatable bonds is 6. The third-order valence-electron chi connectivity index (χ3n) is 5.20. The van der Waals surface area contributed by atoms with Crippen LogP contribution < -0.4 is 10.6 Å². The molecule has 0 aliphatic heterocycles. The second-order valence-electron chi connectivity index (χ2n) is 7.55. The van der Waals surface area contributed by atoms with Gasteiger partial charge in [0.1, 0.15) is 11.8 Å². The summed E-state index contributed by atoms with van der Waals surface area (Å²) in [5, 5.41) is 6.70.